The Hall–Kier alpha value is -1.05. The van der Waals surface area contributed by atoms with Crippen molar-refractivity contribution in [3.63, 3.8) is 0 Å². The average Bonchev–Trinajstić information content (AvgIpc) is 2.21. The Morgan fingerprint density at radius 3 is 2.56 bits per heavy atom. The van der Waals surface area contributed by atoms with Gasteiger partial charge in [0.2, 0.25) is 0 Å². The van der Waals surface area contributed by atoms with Gasteiger partial charge in [-0.05, 0) is 39.0 Å². The van der Waals surface area contributed by atoms with Crippen LogP contribution in [0.5, 0.6) is 0 Å². The molecule has 0 saturated carbocycles. The minimum Gasteiger partial charge on any atom is -0.463 e. The second kappa shape index (κ2) is 10.5. The van der Waals surface area contributed by atoms with Crippen LogP contribution < -0.4 is 0 Å². The molecular weight excluding hydrogens is 200 g/mol. The smallest absolute Gasteiger partial charge is 0.302 e. The maximum atomic E-state index is 10.6. The number of rotatable bonds is 8. The highest BCUT2D eigenvalue weighted by atomic mass is 16.5. The van der Waals surface area contributed by atoms with Crippen molar-refractivity contribution < 1.29 is 9.53 Å². The number of ether oxygens (including phenoxy) is 1. The molecule has 0 fully saturated rings. The summed E-state index contributed by atoms with van der Waals surface area (Å²) in [5.41, 5.74) is 0. The highest BCUT2D eigenvalue weighted by Gasteiger charge is 2.03. The van der Waals surface area contributed by atoms with E-state index in [9.17, 15) is 4.79 Å². The molecule has 0 bridgehead atoms. The lowest BCUT2D eigenvalue weighted by Gasteiger charge is -2.10. The number of esters is 1. The molecular formula is C14H24O2. The van der Waals surface area contributed by atoms with Crippen LogP contribution in [-0.2, 0) is 9.53 Å². The van der Waals surface area contributed by atoms with Crippen molar-refractivity contribution in [1.29, 1.82) is 0 Å². The fourth-order valence-electron chi connectivity index (χ4n) is 1.43. The zero-order valence-corrected chi connectivity index (χ0v) is 10.7. The Morgan fingerprint density at radius 1 is 1.25 bits per heavy atom. The monoisotopic (exact) mass is 224 g/mol. The molecule has 0 aromatic heterocycles. The third-order valence-electron chi connectivity index (χ3n) is 2.22. The van der Waals surface area contributed by atoms with Gasteiger partial charge in [-0.2, -0.15) is 0 Å². The molecule has 0 N–H and O–H groups in total. The van der Waals surface area contributed by atoms with Gasteiger partial charge in [-0.15, -0.1) is 0 Å². The number of carbonyl (C=O) groups is 1. The van der Waals surface area contributed by atoms with Crippen LogP contribution in [0.25, 0.3) is 0 Å². The molecule has 0 aromatic rings. The Balaban J connectivity index is 3.36. The first kappa shape index (κ1) is 14.9. The first-order chi connectivity index (χ1) is 7.66. The number of carbonyl (C=O) groups excluding carboxylic acids is 1. The Morgan fingerprint density at radius 2 is 1.94 bits per heavy atom. The molecule has 92 valence electrons. The van der Waals surface area contributed by atoms with Crippen molar-refractivity contribution in [1.82, 2.24) is 0 Å². The molecule has 1 unspecified atom stereocenters. The predicted molar refractivity (Wildman–Crippen MR) is 68.3 cm³/mol. The van der Waals surface area contributed by atoms with E-state index in [1.54, 1.807) is 0 Å². The summed E-state index contributed by atoms with van der Waals surface area (Å²) in [5.74, 6) is -0.183. The highest BCUT2D eigenvalue weighted by molar-refractivity contribution is 5.66. The van der Waals surface area contributed by atoms with Crippen molar-refractivity contribution in [3.8, 4) is 0 Å². The van der Waals surface area contributed by atoms with Crippen LogP contribution in [0.1, 0.15) is 52.9 Å². The molecule has 1 atom stereocenters. The van der Waals surface area contributed by atoms with Crippen molar-refractivity contribution in [2.24, 2.45) is 0 Å². The first-order valence-corrected chi connectivity index (χ1v) is 6.15. The first-order valence-electron chi connectivity index (χ1n) is 6.15. The van der Waals surface area contributed by atoms with E-state index in [0.29, 0.717) is 0 Å². The molecule has 0 aliphatic heterocycles. The lowest BCUT2D eigenvalue weighted by atomic mass is 10.1. The number of unbranched alkanes of at least 4 members (excludes halogenated alkanes) is 2. The summed E-state index contributed by atoms with van der Waals surface area (Å²) in [6.45, 7) is 5.53. The maximum absolute atomic E-state index is 10.6. The molecule has 2 nitrogen and oxygen atoms in total. The third kappa shape index (κ3) is 11.0. The third-order valence-corrected chi connectivity index (χ3v) is 2.22. The SMILES string of the molecule is CC/C=C\C=C\CCCCC(C)OC(C)=O. The summed E-state index contributed by atoms with van der Waals surface area (Å²) in [7, 11) is 0. The predicted octanol–water partition coefficient (Wildman–Crippen LogP) is 4.02. The van der Waals surface area contributed by atoms with Crippen molar-refractivity contribution in [2.45, 2.75) is 59.0 Å². The summed E-state index contributed by atoms with van der Waals surface area (Å²) in [5, 5.41) is 0. The normalized spacial score (nSPS) is 13.4. The van der Waals surface area contributed by atoms with E-state index in [2.05, 4.69) is 31.2 Å². The van der Waals surface area contributed by atoms with Crippen molar-refractivity contribution >= 4 is 5.97 Å². The molecule has 0 amide bonds. The molecule has 16 heavy (non-hydrogen) atoms. The molecule has 0 radical (unpaired) electrons. The zero-order valence-electron chi connectivity index (χ0n) is 10.7. The van der Waals surface area contributed by atoms with Crippen LogP contribution >= 0.6 is 0 Å². The topological polar surface area (TPSA) is 26.3 Å². The van der Waals surface area contributed by atoms with E-state index in [1.165, 1.54) is 6.92 Å². The van der Waals surface area contributed by atoms with E-state index in [-0.39, 0.29) is 12.1 Å². The molecule has 0 rings (SSSR count). The van der Waals surface area contributed by atoms with Gasteiger partial charge >= 0.3 is 5.97 Å². The fourth-order valence-corrected chi connectivity index (χ4v) is 1.43. The van der Waals surface area contributed by atoms with Crippen LogP contribution in [0.3, 0.4) is 0 Å². The second-order valence-corrected chi connectivity index (χ2v) is 3.97. The lowest BCUT2D eigenvalue weighted by Crippen LogP contribution is -2.11. The van der Waals surface area contributed by atoms with Crippen LogP contribution in [-0.4, -0.2) is 12.1 Å². The summed E-state index contributed by atoms with van der Waals surface area (Å²) >= 11 is 0. The summed E-state index contributed by atoms with van der Waals surface area (Å²) in [4.78, 5) is 10.6. The molecule has 2 heteroatoms. The van der Waals surface area contributed by atoms with Gasteiger partial charge in [0.1, 0.15) is 0 Å². The van der Waals surface area contributed by atoms with Crippen LogP contribution in [0.15, 0.2) is 24.3 Å². The second-order valence-electron chi connectivity index (χ2n) is 3.97. The van der Waals surface area contributed by atoms with Crippen molar-refractivity contribution in [3.05, 3.63) is 24.3 Å². The average molecular weight is 224 g/mol. The molecule has 0 spiro atoms. The largest absolute Gasteiger partial charge is 0.463 e. The van der Waals surface area contributed by atoms with Gasteiger partial charge in [-0.3, -0.25) is 4.79 Å². The Labute approximate surface area is 99.4 Å². The minimum absolute atomic E-state index is 0.0569. The maximum Gasteiger partial charge on any atom is 0.302 e. The van der Waals surface area contributed by atoms with Crippen LogP contribution in [0.2, 0.25) is 0 Å². The Kier molecular flexibility index (Phi) is 9.78. The van der Waals surface area contributed by atoms with Crippen molar-refractivity contribution in [2.75, 3.05) is 0 Å². The molecule has 0 aliphatic carbocycles. The number of hydrogen-bond acceptors (Lipinski definition) is 2. The summed E-state index contributed by atoms with van der Waals surface area (Å²) < 4.78 is 5.04. The van der Waals surface area contributed by atoms with Gasteiger partial charge < -0.3 is 4.74 Å². The van der Waals surface area contributed by atoms with Crippen LogP contribution in [0.4, 0.5) is 0 Å². The molecule has 0 saturated heterocycles. The summed E-state index contributed by atoms with van der Waals surface area (Å²) in [6.07, 6.45) is 14.0. The highest BCUT2D eigenvalue weighted by Crippen LogP contribution is 2.07. The van der Waals surface area contributed by atoms with Gasteiger partial charge in [0.25, 0.3) is 0 Å². The standard InChI is InChI=1S/C14H24O2/c1-4-5-6-7-8-9-10-11-12-13(2)16-14(3)15/h5-8,13H,4,9-12H2,1-3H3/b6-5-,8-7+. The minimum atomic E-state index is -0.183. The molecule has 0 aliphatic rings. The van der Waals surface area contributed by atoms with Crippen LogP contribution in [0, 0.1) is 0 Å². The van der Waals surface area contributed by atoms with Gasteiger partial charge in [0.05, 0.1) is 6.10 Å². The quantitative estimate of drug-likeness (QED) is 0.353. The van der Waals surface area contributed by atoms with E-state index in [1.807, 2.05) is 6.92 Å². The van der Waals surface area contributed by atoms with E-state index >= 15 is 0 Å². The number of hydrogen-bond donors (Lipinski definition) is 0. The van der Waals surface area contributed by atoms with E-state index in [4.69, 9.17) is 4.74 Å². The molecule has 0 heterocycles. The fraction of sp³-hybridized carbons (Fsp3) is 0.643. The van der Waals surface area contributed by atoms with Gasteiger partial charge in [0.15, 0.2) is 0 Å². The van der Waals surface area contributed by atoms with Gasteiger partial charge in [0, 0.05) is 6.92 Å². The number of allylic oxidation sites excluding steroid dienone is 4. The summed E-state index contributed by atoms with van der Waals surface area (Å²) in [6, 6.07) is 0. The van der Waals surface area contributed by atoms with E-state index < -0.39 is 0 Å². The zero-order chi connectivity index (χ0) is 12.2. The lowest BCUT2D eigenvalue weighted by molar-refractivity contribution is -0.145. The van der Waals surface area contributed by atoms with Gasteiger partial charge in [-0.25, -0.2) is 0 Å². The Bertz CT molecular complexity index is 229. The van der Waals surface area contributed by atoms with Gasteiger partial charge in [-0.1, -0.05) is 31.2 Å². The molecule has 0 aromatic carbocycles. The van der Waals surface area contributed by atoms with E-state index in [0.717, 1.165) is 32.1 Å².